The molecule has 3 heteroatoms. The van der Waals surface area contributed by atoms with Crippen LogP contribution in [0.5, 0.6) is 0 Å². The molecule has 0 aliphatic carbocycles. The molecule has 0 aliphatic heterocycles. The van der Waals surface area contributed by atoms with Crippen LogP contribution in [0.2, 0.25) is 0 Å². The van der Waals surface area contributed by atoms with Crippen LogP contribution >= 0.6 is 0 Å². The van der Waals surface area contributed by atoms with Crippen LogP contribution in [0, 0.1) is 11.1 Å². The Morgan fingerprint density at radius 3 is 1.80 bits per heavy atom. The van der Waals surface area contributed by atoms with Gasteiger partial charge in [-0.15, -0.1) is 0 Å². The van der Waals surface area contributed by atoms with Crippen LogP contribution in [-0.2, 0) is 4.79 Å². The Morgan fingerprint density at radius 1 is 1.50 bits per heavy atom. The van der Waals surface area contributed by atoms with Gasteiger partial charge in [0.25, 0.3) is 0 Å². The van der Waals surface area contributed by atoms with Crippen LogP contribution < -0.4 is 5.16 Å². The number of hydrogen-bond acceptors (Lipinski definition) is 2. The van der Waals surface area contributed by atoms with Gasteiger partial charge in [0.2, 0.25) is 0 Å². The van der Waals surface area contributed by atoms with Crippen LogP contribution in [0.4, 0.5) is 0 Å². The largest absolute Gasteiger partial charge is 0.626 e. The second-order valence-corrected chi connectivity index (χ2v) is 2.44. The summed E-state index contributed by atoms with van der Waals surface area (Å²) >= 11 is 0. The quantitative estimate of drug-likeness (QED) is 0.318. The molecule has 0 rings (SSSR count). The highest BCUT2D eigenvalue weighted by atomic mass is 16.4. The molecule has 0 aliphatic rings. The standard InChI is InChI=1S/C4H9NO.C3H6O/c1-4(2)3-5-6;1-3(2)4/h3-5H,1-2H3;1-2H3. The molecule has 0 aromatic heterocycles. The molecule has 0 spiro atoms. The molecule has 0 aromatic rings. The molecule has 0 saturated heterocycles. The Morgan fingerprint density at radius 2 is 1.80 bits per heavy atom. The number of Topliss-reactive ketones (excluding diaryl/α,β-unsaturated/α-hetero) is 1. The van der Waals surface area contributed by atoms with Crippen molar-refractivity contribution in [2.75, 3.05) is 0 Å². The number of rotatable bonds is 1. The second kappa shape index (κ2) is 8.14. The van der Waals surface area contributed by atoms with E-state index in [4.69, 9.17) is 0 Å². The zero-order valence-electron chi connectivity index (χ0n) is 6.97. The van der Waals surface area contributed by atoms with Crippen molar-refractivity contribution in [3.8, 4) is 0 Å². The first-order chi connectivity index (χ1) is 4.50. The maximum atomic E-state index is 9.44. The molecule has 3 nitrogen and oxygen atoms in total. The monoisotopic (exact) mass is 145 g/mol. The van der Waals surface area contributed by atoms with Crippen molar-refractivity contribution in [1.29, 1.82) is 0 Å². The SMILES string of the molecule is CC(C)=O.CC(C)C=[NH+][O-]. The second-order valence-electron chi connectivity index (χ2n) is 2.44. The highest BCUT2D eigenvalue weighted by Crippen LogP contribution is 1.77. The predicted molar refractivity (Wildman–Crippen MR) is 41.6 cm³/mol. The summed E-state index contributed by atoms with van der Waals surface area (Å²) in [4.78, 5) is 9.44. The van der Waals surface area contributed by atoms with Crippen LogP contribution in [0.25, 0.3) is 0 Å². The lowest BCUT2D eigenvalue weighted by Crippen LogP contribution is -2.61. The van der Waals surface area contributed by atoms with Gasteiger partial charge in [0.1, 0.15) is 5.78 Å². The molecule has 0 atom stereocenters. The molecule has 10 heavy (non-hydrogen) atoms. The summed E-state index contributed by atoms with van der Waals surface area (Å²) in [7, 11) is 0. The number of carbonyl (C=O) groups is 1. The first kappa shape index (κ1) is 11.9. The van der Waals surface area contributed by atoms with Gasteiger partial charge in [-0.1, -0.05) is 13.8 Å². The van der Waals surface area contributed by atoms with Crippen LogP contribution in [0.15, 0.2) is 0 Å². The third-order valence-electron chi connectivity index (χ3n) is 0.401. The summed E-state index contributed by atoms with van der Waals surface area (Å²) in [6.45, 7) is 6.93. The van der Waals surface area contributed by atoms with Gasteiger partial charge in [0, 0.05) is 5.92 Å². The van der Waals surface area contributed by atoms with Gasteiger partial charge in [-0.3, -0.25) is 0 Å². The minimum Gasteiger partial charge on any atom is -0.626 e. The van der Waals surface area contributed by atoms with E-state index >= 15 is 0 Å². The molecular weight excluding hydrogens is 130 g/mol. The average Bonchev–Trinajstić information content (AvgIpc) is 1.62. The van der Waals surface area contributed by atoms with Gasteiger partial charge in [-0.2, -0.15) is 0 Å². The Bertz CT molecular complexity index is 104. The van der Waals surface area contributed by atoms with Gasteiger partial charge in [0.05, 0.1) is 0 Å². The van der Waals surface area contributed by atoms with Crippen molar-refractivity contribution < 1.29 is 9.95 Å². The molecule has 0 aromatic carbocycles. The van der Waals surface area contributed by atoms with Gasteiger partial charge in [-0.05, 0) is 13.8 Å². The first-order valence-electron chi connectivity index (χ1n) is 3.18. The van der Waals surface area contributed by atoms with E-state index in [1.807, 2.05) is 13.8 Å². The summed E-state index contributed by atoms with van der Waals surface area (Å²) in [6, 6.07) is 0. The number of carbonyl (C=O) groups excluding carboxylic acids is 1. The van der Waals surface area contributed by atoms with Crippen LogP contribution in [0.1, 0.15) is 27.7 Å². The fraction of sp³-hybridized carbons (Fsp3) is 0.714. The van der Waals surface area contributed by atoms with Crippen molar-refractivity contribution in [2.24, 2.45) is 5.92 Å². The van der Waals surface area contributed by atoms with E-state index in [9.17, 15) is 10.0 Å². The van der Waals surface area contributed by atoms with Gasteiger partial charge < -0.3 is 10.0 Å². The minimum absolute atomic E-state index is 0.167. The fourth-order valence-corrected chi connectivity index (χ4v) is 0.136. The molecule has 0 fully saturated rings. The fourth-order valence-electron chi connectivity index (χ4n) is 0.136. The van der Waals surface area contributed by atoms with E-state index in [1.54, 1.807) is 5.16 Å². The number of nitrogens with one attached hydrogen (secondary N) is 1. The lowest BCUT2D eigenvalue weighted by molar-refractivity contribution is -0.370. The highest BCUT2D eigenvalue weighted by Gasteiger charge is 1.83. The summed E-state index contributed by atoms with van der Waals surface area (Å²) in [5.74, 6) is 0.516. The van der Waals surface area contributed by atoms with Crippen LogP contribution in [0.3, 0.4) is 0 Å². The molecule has 0 amide bonds. The van der Waals surface area contributed by atoms with E-state index < -0.39 is 0 Å². The predicted octanol–water partition coefficient (Wildman–Crippen LogP) is -0.113. The molecule has 0 heterocycles. The van der Waals surface area contributed by atoms with Crippen LogP contribution in [-0.4, -0.2) is 12.0 Å². The normalized spacial score (nSPS) is 9.30. The molecule has 0 unspecified atom stereocenters. The van der Waals surface area contributed by atoms with Crippen molar-refractivity contribution >= 4 is 12.0 Å². The average molecular weight is 145 g/mol. The molecule has 0 saturated carbocycles. The maximum Gasteiger partial charge on any atom is 0.151 e. The minimum atomic E-state index is 0.167. The topological polar surface area (TPSA) is 54.1 Å². The Hall–Kier alpha value is -0.860. The third kappa shape index (κ3) is 58.8. The van der Waals surface area contributed by atoms with Gasteiger partial charge in [-0.25, -0.2) is 5.16 Å². The maximum absolute atomic E-state index is 9.44. The van der Waals surface area contributed by atoms with Crippen molar-refractivity contribution in [3.05, 3.63) is 5.21 Å². The molecule has 0 radical (unpaired) electrons. The van der Waals surface area contributed by atoms with E-state index in [1.165, 1.54) is 20.1 Å². The third-order valence-corrected chi connectivity index (χ3v) is 0.401. The van der Waals surface area contributed by atoms with E-state index in [2.05, 4.69) is 0 Å². The van der Waals surface area contributed by atoms with E-state index in [0.29, 0.717) is 5.92 Å². The van der Waals surface area contributed by atoms with E-state index in [0.717, 1.165) is 0 Å². The summed E-state index contributed by atoms with van der Waals surface area (Å²) in [5.41, 5.74) is 0. The molecule has 60 valence electrons. The van der Waals surface area contributed by atoms with Gasteiger partial charge in [0.15, 0.2) is 6.21 Å². The van der Waals surface area contributed by atoms with Crippen molar-refractivity contribution in [3.63, 3.8) is 0 Å². The smallest absolute Gasteiger partial charge is 0.151 e. The van der Waals surface area contributed by atoms with Gasteiger partial charge >= 0.3 is 0 Å². The zero-order chi connectivity index (χ0) is 8.57. The lowest BCUT2D eigenvalue weighted by atomic mass is 10.3. The number of ketones is 1. The lowest BCUT2D eigenvalue weighted by Gasteiger charge is -1.83. The van der Waals surface area contributed by atoms with Crippen molar-refractivity contribution in [2.45, 2.75) is 27.7 Å². The molecule has 0 bridgehead atoms. The highest BCUT2D eigenvalue weighted by molar-refractivity contribution is 5.72. The number of hydrogen-bond donors (Lipinski definition) is 1. The van der Waals surface area contributed by atoms with E-state index in [-0.39, 0.29) is 5.78 Å². The zero-order valence-corrected chi connectivity index (χ0v) is 6.97. The Labute approximate surface area is 61.7 Å². The Balaban J connectivity index is 0. The summed E-state index contributed by atoms with van der Waals surface area (Å²) < 4.78 is 0. The molecule has 1 N–H and O–H groups in total. The molecular formula is C7H15NO2. The first-order valence-corrected chi connectivity index (χ1v) is 3.18. The Kier molecular flexibility index (Phi) is 9.67. The van der Waals surface area contributed by atoms with Crippen molar-refractivity contribution in [1.82, 2.24) is 0 Å². The summed E-state index contributed by atoms with van der Waals surface area (Å²) in [5, 5.41) is 11.1. The summed E-state index contributed by atoms with van der Waals surface area (Å²) in [6.07, 6.45) is 1.49.